The Kier molecular flexibility index (Phi) is 5.90. The Morgan fingerprint density at radius 1 is 0.969 bits per heavy atom. The summed E-state index contributed by atoms with van der Waals surface area (Å²) in [6.45, 7) is 5.02. The lowest BCUT2D eigenvalue weighted by Gasteiger charge is -2.36. The number of carbonyl (C=O) groups excluding carboxylic acids is 1. The van der Waals surface area contributed by atoms with E-state index in [0.717, 1.165) is 62.6 Å². The zero-order valence-corrected chi connectivity index (χ0v) is 18.1. The number of amides is 1. The van der Waals surface area contributed by atoms with Gasteiger partial charge < -0.3 is 10.2 Å². The Balaban J connectivity index is 1.15. The highest BCUT2D eigenvalue weighted by Crippen LogP contribution is 2.39. The van der Waals surface area contributed by atoms with Gasteiger partial charge in [0.05, 0.1) is 11.4 Å². The molecule has 1 saturated heterocycles. The molecule has 1 aliphatic heterocycles. The molecule has 1 N–H and O–H groups in total. The fraction of sp³-hybridized carbons (Fsp3) is 0.360. The molecule has 166 valence electrons. The zero-order chi connectivity index (χ0) is 21.9. The maximum absolute atomic E-state index is 13.1. The third-order valence-electron chi connectivity index (χ3n) is 6.23. The highest BCUT2D eigenvalue weighted by atomic mass is 19.1. The number of benzene rings is 2. The smallest absolute Gasteiger partial charge is 0.270 e. The van der Waals surface area contributed by atoms with Crippen LogP contribution in [0.1, 0.15) is 34.9 Å². The predicted octanol–water partition coefficient (Wildman–Crippen LogP) is 3.44. The third kappa shape index (κ3) is 4.67. The van der Waals surface area contributed by atoms with Crippen LogP contribution >= 0.6 is 0 Å². The van der Waals surface area contributed by atoms with Gasteiger partial charge in [-0.1, -0.05) is 18.2 Å². The lowest BCUT2D eigenvalue weighted by Crippen LogP contribution is -2.48. The van der Waals surface area contributed by atoms with Crippen molar-refractivity contribution in [3.8, 4) is 5.69 Å². The van der Waals surface area contributed by atoms with Crippen LogP contribution in [0.3, 0.4) is 0 Å². The molecule has 0 unspecified atom stereocenters. The van der Waals surface area contributed by atoms with Crippen LogP contribution < -0.4 is 10.2 Å². The van der Waals surface area contributed by atoms with Gasteiger partial charge in [-0.3, -0.25) is 9.69 Å². The lowest BCUT2D eigenvalue weighted by molar-refractivity contribution is 0.0940. The zero-order valence-electron chi connectivity index (χ0n) is 18.1. The largest absolute Gasteiger partial charge is 0.369 e. The maximum Gasteiger partial charge on any atom is 0.270 e. The summed E-state index contributed by atoms with van der Waals surface area (Å²) in [5.41, 5.74) is 3.57. The third-order valence-corrected chi connectivity index (χ3v) is 6.23. The fourth-order valence-electron chi connectivity index (χ4n) is 4.21. The minimum Gasteiger partial charge on any atom is -0.369 e. The normalized spacial score (nSPS) is 16.8. The molecular weight excluding hydrogens is 405 g/mol. The van der Waals surface area contributed by atoms with Crippen molar-refractivity contribution in [3.05, 3.63) is 77.9 Å². The Hall–Kier alpha value is -3.19. The predicted molar refractivity (Wildman–Crippen MR) is 123 cm³/mol. The Bertz CT molecular complexity index is 1050. The number of nitrogens with zero attached hydrogens (tertiary/aromatic N) is 4. The van der Waals surface area contributed by atoms with Crippen molar-refractivity contribution in [1.82, 2.24) is 20.0 Å². The number of halogens is 1. The number of nitrogens with one attached hydrogen (secondary N) is 1. The monoisotopic (exact) mass is 433 g/mol. The molecule has 3 aromatic rings. The van der Waals surface area contributed by atoms with Gasteiger partial charge in [0.15, 0.2) is 0 Å². The van der Waals surface area contributed by atoms with Gasteiger partial charge >= 0.3 is 0 Å². The number of aromatic nitrogens is 2. The van der Waals surface area contributed by atoms with Gasteiger partial charge in [-0.15, -0.1) is 0 Å². The second-order valence-electron chi connectivity index (χ2n) is 8.54. The molecule has 7 heteroatoms. The van der Waals surface area contributed by atoms with Crippen LogP contribution in [0, 0.1) is 5.82 Å². The molecule has 1 amide bonds. The summed E-state index contributed by atoms with van der Waals surface area (Å²) in [6.07, 6.45) is 2.30. The molecule has 32 heavy (non-hydrogen) atoms. The second-order valence-corrected chi connectivity index (χ2v) is 8.54. The van der Waals surface area contributed by atoms with Crippen molar-refractivity contribution in [2.45, 2.75) is 18.8 Å². The summed E-state index contributed by atoms with van der Waals surface area (Å²) in [4.78, 5) is 17.6. The molecule has 1 aromatic heterocycles. The molecule has 0 radical (unpaired) electrons. The molecule has 2 heterocycles. The minimum absolute atomic E-state index is 0.0850. The van der Waals surface area contributed by atoms with Crippen LogP contribution in [-0.2, 0) is 0 Å². The van der Waals surface area contributed by atoms with Crippen molar-refractivity contribution in [3.63, 3.8) is 0 Å². The number of hydrogen-bond donors (Lipinski definition) is 1. The van der Waals surface area contributed by atoms with Gasteiger partial charge in [-0.2, -0.15) is 5.10 Å². The van der Waals surface area contributed by atoms with Crippen LogP contribution in [-0.4, -0.2) is 59.9 Å². The Morgan fingerprint density at radius 3 is 2.38 bits per heavy atom. The van der Waals surface area contributed by atoms with Gasteiger partial charge in [0.2, 0.25) is 0 Å². The van der Waals surface area contributed by atoms with E-state index in [0.29, 0.717) is 18.2 Å². The van der Waals surface area contributed by atoms with E-state index in [-0.39, 0.29) is 11.7 Å². The van der Waals surface area contributed by atoms with Gasteiger partial charge in [0.25, 0.3) is 5.91 Å². The van der Waals surface area contributed by atoms with Crippen molar-refractivity contribution in [2.75, 3.05) is 44.2 Å². The molecule has 1 saturated carbocycles. The summed E-state index contributed by atoms with van der Waals surface area (Å²) < 4.78 is 14.9. The van der Waals surface area contributed by atoms with Crippen LogP contribution in [0.15, 0.2) is 60.7 Å². The molecule has 0 spiro atoms. The molecule has 2 aliphatic rings. The number of para-hydroxylation sites is 1. The fourth-order valence-corrected chi connectivity index (χ4v) is 4.21. The summed E-state index contributed by atoms with van der Waals surface area (Å²) in [7, 11) is 0. The molecule has 2 fully saturated rings. The summed E-state index contributed by atoms with van der Waals surface area (Å²) in [5, 5.41) is 7.80. The van der Waals surface area contributed by atoms with Crippen LogP contribution in [0.5, 0.6) is 0 Å². The molecule has 6 nitrogen and oxygen atoms in total. The molecule has 5 rings (SSSR count). The number of rotatable bonds is 7. The molecule has 0 atom stereocenters. The van der Waals surface area contributed by atoms with Crippen LogP contribution in [0.25, 0.3) is 5.69 Å². The topological polar surface area (TPSA) is 53.4 Å². The van der Waals surface area contributed by atoms with Gasteiger partial charge in [0, 0.05) is 50.9 Å². The molecule has 2 aromatic carbocycles. The van der Waals surface area contributed by atoms with E-state index < -0.39 is 0 Å². The van der Waals surface area contributed by atoms with Crippen molar-refractivity contribution >= 4 is 11.6 Å². The Labute approximate surface area is 187 Å². The first-order valence-corrected chi connectivity index (χ1v) is 11.3. The first kappa shape index (κ1) is 20.7. The number of piperazine rings is 1. The van der Waals surface area contributed by atoms with E-state index >= 15 is 0 Å². The quantitative estimate of drug-likeness (QED) is 0.620. The first-order chi connectivity index (χ1) is 15.7. The standard InChI is InChI=1S/C25H28FN5O/c26-20-8-10-21(11-9-20)30-16-14-29(15-17-30)13-12-27-25(32)24-18-23(19-6-7-19)28-31(24)22-4-2-1-3-5-22/h1-5,8-11,18-19H,6-7,12-17H2,(H,27,32). The molecule has 0 bridgehead atoms. The second kappa shape index (κ2) is 9.12. The average molecular weight is 434 g/mol. The summed E-state index contributed by atoms with van der Waals surface area (Å²) in [6, 6.07) is 18.4. The Morgan fingerprint density at radius 2 is 1.69 bits per heavy atom. The lowest BCUT2D eigenvalue weighted by atomic mass is 10.2. The highest BCUT2D eigenvalue weighted by molar-refractivity contribution is 5.93. The van der Waals surface area contributed by atoms with Gasteiger partial charge in [-0.05, 0) is 55.3 Å². The number of anilines is 1. The van der Waals surface area contributed by atoms with Gasteiger partial charge in [-0.25, -0.2) is 9.07 Å². The van der Waals surface area contributed by atoms with E-state index in [1.165, 1.54) is 12.1 Å². The minimum atomic E-state index is -0.207. The van der Waals surface area contributed by atoms with E-state index in [2.05, 4.69) is 15.1 Å². The van der Waals surface area contributed by atoms with E-state index in [1.807, 2.05) is 48.5 Å². The van der Waals surface area contributed by atoms with Crippen molar-refractivity contribution in [2.24, 2.45) is 0 Å². The maximum atomic E-state index is 13.1. The average Bonchev–Trinajstić information content (AvgIpc) is 3.59. The van der Waals surface area contributed by atoms with E-state index in [9.17, 15) is 9.18 Å². The van der Waals surface area contributed by atoms with E-state index in [1.54, 1.807) is 4.68 Å². The van der Waals surface area contributed by atoms with Crippen molar-refractivity contribution < 1.29 is 9.18 Å². The molecular formula is C25H28FN5O. The van der Waals surface area contributed by atoms with Crippen LogP contribution in [0.4, 0.5) is 10.1 Å². The number of carbonyl (C=O) groups is 1. The molecule has 1 aliphatic carbocycles. The SMILES string of the molecule is O=C(NCCN1CCN(c2ccc(F)cc2)CC1)c1cc(C2CC2)nn1-c1ccccc1. The van der Waals surface area contributed by atoms with E-state index in [4.69, 9.17) is 5.10 Å². The summed E-state index contributed by atoms with van der Waals surface area (Å²) >= 11 is 0. The van der Waals surface area contributed by atoms with Crippen molar-refractivity contribution in [1.29, 1.82) is 0 Å². The number of hydrogen-bond acceptors (Lipinski definition) is 4. The van der Waals surface area contributed by atoms with Gasteiger partial charge in [0.1, 0.15) is 11.5 Å². The highest BCUT2D eigenvalue weighted by Gasteiger charge is 2.29. The summed E-state index contributed by atoms with van der Waals surface area (Å²) in [5.74, 6) is 0.197. The first-order valence-electron chi connectivity index (χ1n) is 11.3. The van der Waals surface area contributed by atoms with Crippen LogP contribution in [0.2, 0.25) is 0 Å².